The first-order chi connectivity index (χ1) is 10.3. The molecule has 0 aliphatic carbocycles. The van der Waals surface area contributed by atoms with Gasteiger partial charge in [0.25, 0.3) is 0 Å². The van der Waals surface area contributed by atoms with Gasteiger partial charge < -0.3 is 9.80 Å². The molecule has 1 amide bonds. The van der Waals surface area contributed by atoms with E-state index in [2.05, 4.69) is 15.2 Å². The van der Waals surface area contributed by atoms with Crippen LogP contribution in [0.2, 0.25) is 0 Å². The van der Waals surface area contributed by atoms with Crippen molar-refractivity contribution in [3.63, 3.8) is 0 Å². The maximum absolute atomic E-state index is 12.5. The predicted molar refractivity (Wildman–Crippen MR) is 88.4 cm³/mol. The lowest BCUT2D eigenvalue weighted by Gasteiger charge is -2.37. The van der Waals surface area contributed by atoms with Gasteiger partial charge in [0.1, 0.15) is 0 Å². The third kappa shape index (κ3) is 3.95. The van der Waals surface area contributed by atoms with Crippen molar-refractivity contribution in [2.75, 3.05) is 26.2 Å². The monoisotopic (exact) mass is 304 g/mol. The van der Waals surface area contributed by atoms with Gasteiger partial charge in [0, 0.05) is 25.2 Å². The average molecular weight is 304 g/mol. The zero-order valence-electron chi connectivity index (χ0n) is 12.5. The third-order valence-electron chi connectivity index (χ3n) is 4.54. The quantitative estimate of drug-likeness (QED) is 0.797. The van der Waals surface area contributed by atoms with Crippen LogP contribution in [-0.2, 0) is 4.79 Å². The van der Waals surface area contributed by atoms with Crippen molar-refractivity contribution in [2.24, 2.45) is 0 Å². The van der Waals surface area contributed by atoms with Gasteiger partial charge in [-0.3, -0.25) is 4.79 Å². The molecule has 114 valence electrons. The first kappa shape index (κ1) is 14.8. The SMILES string of the molecule is O=C(/C=C/c1ccsc1)N1CCCC[C@H]1CN1CCCC1. The molecule has 0 unspecified atom stereocenters. The zero-order chi connectivity index (χ0) is 14.5. The summed E-state index contributed by atoms with van der Waals surface area (Å²) < 4.78 is 0. The Morgan fingerprint density at radius 1 is 1.24 bits per heavy atom. The predicted octanol–water partition coefficient (Wildman–Crippen LogP) is 3.24. The Labute approximate surface area is 131 Å². The summed E-state index contributed by atoms with van der Waals surface area (Å²) in [5.41, 5.74) is 1.13. The molecular formula is C17H24N2OS. The second-order valence-electron chi connectivity index (χ2n) is 6.08. The van der Waals surface area contributed by atoms with Crippen LogP contribution in [0.5, 0.6) is 0 Å². The number of piperidine rings is 1. The molecule has 0 aromatic carbocycles. The maximum atomic E-state index is 12.5. The summed E-state index contributed by atoms with van der Waals surface area (Å²) in [6.07, 6.45) is 9.90. The van der Waals surface area contributed by atoms with E-state index >= 15 is 0 Å². The van der Waals surface area contributed by atoms with Crippen LogP contribution in [0.25, 0.3) is 6.08 Å². The van der Waals surface area contributed by atoms with Crippen molar-refractivity contribution in [1.82, 2.24) is 9.80 Å². The van der Waals surface area contributed by atoms with Crippen LogP contribution in [0.3, 0.4) is 0 Å². The lowest BCUT2D eigenvalue weighted by Crippen LogP contribution is -2.48. The van der Waals surface area contributed by atoms with Gasteiger partial charge >= 0.3 is 0 Å². The topological polar surface area (TPSA) is 23.6 Å². The van der Waals surface area contributed by atoms with Crippen molar-refractivity contribution in [1.29, 1.82) is 0 Å². The van der Waals surface area contributed by atoms with E-state index in [1.54, 1.807) is 17.4 Å². The van der Waals surface area contributed by atoms with Crippen LogP contribution in [0.4, 0.5) is 0 Å². The molecule has 1 aromatic heterocycles. The number of rotatable bonds is 4. The molecule has 21 heavy (non-hydrogen) atoms. The Morgan fingerprint density at radius 2 is 2.05 bits per heavy atom. The minimum Gasteiger partial charge on any atom is -0.335 e. The lowest BCUT2D eigenvalue weighted by molar-refractivity contribution is -0.129. The molecule has 2 aliphatic rings. The van der Waals surface area contributed by atoms with Crippen molar-refractivity contribution < 1.29 is 4.79 Å². The summed E-state index contributed by atoms with van der Waals surface area (Å²) >= 11 is 1.67. The van der Waals surface area contributed by atoms with E-state index in [1.165, 1.54) is 32.4 Å². The van der Waals surface area contributed by atoms with Crippen molar-refractivity contribution >= 4 is 23.3 Å². The van der Waals surface area contributed by atoms with E-state index in [0.29, 0.717) is 6.04 Å². The van der Waals surface area contributed by atoms with Crippen molar-refractivity contribution in [3.8, 4) is 0 Å². The van der Waals surface area contributed by atoms with Gasteiger partial charge in [-0.1, -0.05) is 0 Å². The fourth-order valence-electron chi connectivity index (χ4n) is 3.38. The molecule has 0 bridgehead atoms. The van der Waals surface area contributed by atoms with Gasteiger partial charge in [0.2, 0.25) is 5.91 Å². The third-order valence-corrected chi connectivity index (χ3v) is 5.24. The molecule has 0 saturated carbocycles. The first-order valence-electron chi connectivity index (χ1n) is 8.06. The van der Waals surface area contributed by atoms with Crippen molar-refractivity contribution in [2.45, 2.75) is 38.1 Å². The normalized spacial score (nSPS) is 24.0. The van der Waals surface area contributed by atoms with E-state index in [1.807, 2.05) is 17.5 Å². The number of carbonyl (C=O) groups excluding carboxylic acids is 1. The summed E-state index contributed by atoms with van der Waals surface area (Å²) in [7, 11) is 0. The van der Waals surface area contributed by atoms with Gasteiger partial charge in [-0.2, -0.15) is 11.3 Å². The molecule has 3 nitrogen and oxygen atoms in total. The lowest BCUT2D eigenvalue weighted by atomic mass is 10.0. The second kappa shape index (κ2) is 7.23. The van der Waals surface area contributed by atoms with E-state index in [4.69, 9.17) is 0 Å². The maximum Gasteiger partial charge on any atom is 0.246 e. The van der Waals surface area contributed by atoms with Crippen LogP contribution in [0.15, 0.2) is 22.9 Å². The highest BCUT2D eigenvalue weighted by Crippen LogP contribution is 2.20. The van der Waals surface area contributed by atoms with Gasteiger partial charge in [0.15, 0.2) is 0 Å². The molecular weight excluding hydrogens is 280 g/mol. The van der Waals surface area contributed by atoms with E-state index in [0.717, 1.165) is 31.5 Å². The highest BCUT2D eigenvalue weighted by molar-refractivity contribution is 7.08. The number of amides is 1. The number of carbonyl (C=O) groups is 1. The fraction of sp³-hybridized carbons (Fsp3) is 0.588. The molecule has 1 atom stereocenters. The van der Waals surface area contributed by atoms with Crippen LogP contribution < -0.4 is 0 Å². The van der Waals surface area contributed by atoms with Gasteiger partial charge in [0.05, 0.1) is 0 Å². The Kier molecular flexibility index (Phi) is 5.09. The standard InChI is InChI=1S/C17H24N2OS/c20-17(7-6-15-8-12-21-14-15)19-11-2-1-5-16(19)13-18-9-3-4-10-18/h6-8,12,14,16H,1-5,9-11,13H2/b7-6+/t16-/m0/s1. The Balaban J connectivity index is 1.61. The summed E-state index contributed by atoms with van der Waals surface area (Å²) in [5.74, 6) is 0.185. The summed E-state index contributed by atoms with van der Waals surface area (Å²) in [4.78, 5) is 17.1. The number of hydrogen-bond donors (Lipinski definition) is 0. The van der Waals surface area contributed by atoms with Crippen molar-refractivity contribution in [3.05, 3.63) is 28.5 Å². The van der Waals surface area contributed by atoms with Gasteiger partial charge in [-0.05, 0) is 73.7 Å². The number of nitrogens with zero attached hydrogens (tertiary/aromatic N) is 2. The molecule has 2 saturated heterocycles. The molecule has 0 radical (unpaired) electrons. The summed E-state index contributed by atoms with van der Waals surface area (Å²) in [6.45, 7) is 4.41. The Bertz CT molecular complexity index is 477. The highest BCUT2D eigenvalue weighted by Gasteiger charge is 2.27. The van der Waals surface area contributed by atoms with Crippen LogP contribution >= 0.6 is 11.3 Å². The first-order valence-corrected chi connectivity index (χ1v) is 9.00. The van der Waals surface area contributed by atoms with Crippen LogP contribution in [-0.4, -0.2) is 47.9 Å². The Morgan fingerprint density at radius 3 is 2.81 bits per heavy atom. The minimum atomic E-state index is 0.185. The van der Waals surface area contributed by atoms with E-state index in [-0.39, 0.29) is 5.91 Å². The van der Waals surface area contributed by atoms with Gasteiger partial charge in [-0.25, -0.2) is 0 Å². The van der Waals surface area contributed by atoms with E-state index < -0.39 is 0 Å². The van der Waals surface area contributed by atoms with Crippen LogP contribution in [0.1, 0.15) is 37.7 Å². The molecule has 2 fully saturated rings. The zero-order valence-corrected chi connectivity index (χ0v) is 13.4. The summed E-state index contributed by atoms with van der Waals surface area (Å²) in [5, 5.41) is 4.11. The molecule has 3 rings (SSSR count). The molecule has 1 aromatic rings. The number of thiophene rings is 1. The van der Waals surface area contributed by atoms with Crippen LogP contribution in [0, 0.1) is 0 Å². The fourth-order valence-corrected chi connectivity index (χ4v) is 4.01. The molecule has 4 heteroatoms. The number of likely N-dealkylation sites (tertiary alicyclic amines) is 2. The van der Waals surface area contributed by atoms with Gasteiger partial charge in [-0.15, -0.1) is 0 Å². The largest absolute Gasteiger partial charge is 0.335 e. The Hall–Kier alpha value is -1.13. The smallest absolute Gasteiger partial charge is 0.246 e. The molecule has 2 aliphatic heterocycles. The second-order valence-corrected chi connectivity index (χ2v) is 6.86. The molecule has 0 N–H and O–H groups in total. The molecule has 0 spiro atoms. The number of hydrogen-bond acceptors (Lipinski definition) is 3. The average Bonchev–Trinajstić information content (AvgIpc) is 3.18. The summed E-state index contributed by atoms with van der Waals surface area (Å²) in [6, 6.07) is 2.46. The highest BCUT2D eigenvalue weighted by atomic mass is 32.1. The molecule has 3 heterocycles. The van der Waals surface area contributed by atoms with E-state index in [9.17, 15) is 4.79 Å². The minimum absolute atomic E-state index is 0.185.